The van der Waals surface area contributed by atoms with Gasteiger partial charge >= 0.3 is 51.2 Å². The summed E-state index contributed by atoms with van der Waals surface area (Å²) in [4.78, 5) is 72.5. The van der Waals surface area contributed by atoms with Gasteiger partial charge in [0.15, 0.2) is 17.1 Å². The van der Waals surface area contributed by atoms with Crippen LogP contribution in [0.25, 0.3) is 21.0 Å². The van der Waals surface area contributed by atoms with Gasteiger partial charge in [0.25, 0.3) is 5.91 Å². The van der Waals surface area contributed by atoms with E-state index in [1.165, 1.54) is 34.4 Å². The Hall–Kier alpha value is -10.4. The molecule has 3 amide bonds. The molecule has 6 saturated carbocycles. The van der Waals surface area contributed by atoms with Crippen LogP contribution < -0.4 is 31.1 Å². The van der Waals surface area contributed by atoms with E-state index in [2.05, 4.69) is 80.8 Å². The lowest BCUT2D eigenvalue weighted by Gasteiger charge is -2.59. The van der Waals surface area contributed by atoms with Gasteiger partial charge in [-0.25, -0.2) is 38.4 Å². The van der Waals surface area contributed by atoms with Crippen LogP contribution in [-0.4, -0.2) is 222 Å². The summed E-state index contributed by atoms with van der Waals surface area (Å²) in [6.07, 6.45) is 11.3. The highest BCUT2D eigenvalue weighted by molar-refractivity contribution is 6.30. The summed E-state index contributed by atoms with van der Waals surface area (Å²) in [7, 11) is 0. The van der Waals surface area contributed by atoms with Gasteiger partial charge in [0.1, 0.15) is 34.0 Å². The van der Waals surface area contributed by atoms with E-state index in [1.807, 2.05) is 104 Å². The number of aliphatic hydroxyl groups is 1. The summed E-state index contributed by atoms with van der Waals surface area (Å²) in [6, 6.07) is 36.1. The third kappa shape index (κ3) is 27.5. The highest BCUT2D eigenvalue weighted by Crippen LogP contribution is 2.56. The zero-order valence-corrected chi connectivity index (χ0v) is 80.2. The molecule has 0 bridgehead atoms. The average molecular weight is 1990 g/mol. The highest BCUT2D eigenvalue weighted by Gasteiger charge is 2.59. The molecular formula is C99H119Cl2F11N14O13. The van der Waals surface area contributed by atoms with Crippen LogP contribution in [0.4, 0.5) is 86.3 Å². The number of aromatic nitrogens is 4. The smallest absolute Gasteiger partial charge is 0.410 e. The first-order chi connectivity index (χ1) is 65.7. The van der Waals surface area contributed by atoms with Crippen molar-refractivity contribution in [3.63, 3.8) is 0 Å². The van der Waals surface area contributed by atoms with Crippen LogP contribution in [0.3, 0.4) is 0 Å². The van der Waals surface area contributed by atoms with E-state index in [0.717, 1.165) is 145 Å². The molecule has 139 heavy (non-hydrogen) atoms. The van der Waals surface area contributed by atoms with Crippen LogP contribution in [0.2, 0.25) is 10.0 Å². The average Bonchev–Trinajstić information content (AvgIpc) is 1.68. The molecule has 4 aromatic carbocycles. The van der Waals surface area contributed by atoms with Gasteiger partial charge < -0.3 is 84.2 Å². The van der Waals surface area contributed by atoms with Crippen molar-refractivity contribution in [3.05, 3.63) is 206 Å². The maximum Gasteiger partial charge on any atom is 0.410 e. The van der Waals surface area contributed by atoms with Gasteiger partial charge in [-0.05, 0) is 215 Å². The Labute approximate surface area is 810 Å². The van der Waals surface area contributed by atoms with Crippen molar-refractivity contribution in [2.24, 2.45) is 38.2 Å². The lowest BCUT2D eigenvalue weighted by molar-refractivity contribution is -0.227. The number of nitrogens with one attached hydrogen (secondary N) is 2. The zero-order valence-electron chi connectivity index (χ0n) is 78.6. The summed E-state index contributed by atoms with van der Waals surface area (Å²) in [6.45, 7) is 26.0. The number of rotatable bonds is 20. The van der Waals surface area contributed by atoms with Gasteiger partial charge in [-0.1, -0.05) is 85.6 Å². The Morgan fingerprint density at radius 1 is 0.468 bits per heavy atom. The molecule has 6 N–H and O–H groups in total. The molecule has 0 radical (unpaired) electrons. The Kier molecular flexibility index (Phi) is 33.8. The number of pyridine rings is 2. The molecule has 4 aromatic heterocycles. The lowest BCUT2D eigenvalue weighted by atomic mass is 9.61. The van der Waals surface area contributed by atoms with Gasteiger partial charge in [0, 0.05) is 154 Å². The van der Waals surface area contributed by atoms with Gasteiger partial charge in [-0.15, -0.1) is 0 Å². The molecule has 6 saturated heterocycles. The van der Waals surface area contributed by atoms with E-state index in [1.54, 1.807) is 63.0 Å². The number of nitrogens with zero attached hydrogens (tertiary/aromatic N) is 11. The number of carbonyl (C=O) groups excluding carboxylic acids is 3. The number of carbonyl (C=O) groups is 4. The number of benzene rings is 4. The first-order valence-corrected chi connectivity index (χ1v) is 47.1. The van der Waals surface area contributed by atoms with E-state index in [9.17, 15) is 72.6 Å². The monoisotopic (exact) mass is 1990 g/mol. The SMILES string of the molecule is CC(C)(C)OC(=O)N1CC2(CC(O)C2)C1.CC(C)(C)OC(=O)N1CC2(CC(OC(F)F)C2)C1.CCc1nc2ccc(Cl)cn2c1C(=O)NCc1ccc(N2CC3(CC(OC(F)F)C3)C2)cc1.CCc1nc2ccc(Cl)cn2c1C(=O)O.FC(F)OC1CC2(CNC2)C1.NCc1ccc(N2CC3(CC(OC(F)F)C3)C2)cc1.[C-]#[N+]c1ccc(F)cc1.[C-]#[N+]c1ccc(N2CC3(CC(OC(F)F)C3)C2)cc1. The van der Waals surface area contributed by atoms with E-state index >= 15 is 0 Å². The number of aryl methyl sites for hydroxylation is 2. The Bertz CT molecular complexity index is 5550. The minimum absolute atomic E-state index is 0.00351. The Morgan fingerprint density at radius 3 is 1.08 bits per heavy atom. The number of anilines is 3. The number of halogens is 13. The maximum atomic E-state index is 12.9. The van der Waals surface area contributed by atoms with Gasteiger partial charge in [0.2, 0.25) is 0 Å². The Morgan fingerprint density at radius 2 is 0.777 bits per heavy atom. The second-order valence-electron chi connectivity index (χ2n) is 40.5. The van der Waals surface area contributed by atoms with Gasteiger partial charge in [-0.2, -0.15) is 43.9 Å². The molecule has 12 aliphatic rings. The largest absolute Gasteiger partial charge is 0.477 e. The van der Waals surface area contributed by atoms with Crippen LogP contribution in [0, 0.1) is 51.5 Å². The molecule has 12 fully saturated rings. The summed E-state index contributed by atoms with van der Waals surface area (Å²) in [5.74, 6) is -1.48. The van der Waals surface area contributed by atoms with E-state index in [4.69, 9.17) is 56.7 Å². The van der Waals surface area contributed by atoms with Crippen LogP contribution in [0.1, 0.15) is 176 Å². The number of aliphatic hydroxyl groups excluding tert-OH is 1. The third-order valence-electron chi connectivity index (χ3n) is 27.0. The minimum atomic E-state index is -2.70. The molecule has 10 heterocycles. The second-order valence-corrected chi connectivity index (χ2v) is 41.3. The first kappa shape index (κ1) is 106. The molecule has 27 nitrogen and oxygen atoms in total. The fraction of sp³-hybridized carbons (Fsp3) is 0.556. The second kappa shape index (κ2) is 44.4. The molecule has 6 aliphatic carbocycles. The number of hydrogen-bond donors (Lipinski definition) is 5. The number of nitrogens with two attached hydrogens (primary N) is 1. The molecule has 8 aromatic rings. The van der Waals surface area contributed by atoms with Crippen molar-refractivity contribution in [1.29, 1.82) is 0 Å². The van der Waals surface area contributed by atoms with E-state index < -0.39 is 50.2 Å². The van der Waals surface area contributed by atoms with Crippen LogP contribution in [-0.2, 0) is 59.1 Å². The molecule has 6 spiro atoms. The summed E-state index contributed by atoms with van der Waals surface area (Å²) < 4.78 is 168. The summed E-state index contributed by atoms with van der Waals surface area (Å²) >= 11 is 11.9. The molecule has 0 unspecified atom stereocenters. The standard InChI is InChI=1S/C24H25ClF2N4O2.C14H14F2N2O.C14H18F2N2O.C12H19F2NO3.C11H19NO3.C10H9ClN2O2.C7H11F2NO.C7H4FN/c1-2-19-21(31-12-16(25)5-8-20(31)29-19)22(32)28-11-15-3-6-17(7-4-15)30-13-24(14-30)9-18(10-24)33-23(26)27;1-17-10-2-4-11(5-3-10)18-8-14(9-18)6-12(7-14)19-13(15)16;15-13(16)19-12-5-14(6-12)8-18(9-14)11-3-1-10(7-17)2-4-11;1-11(2,3)18-10(16)15-6-12(7-15)4-8(5-12)17-9(13)14;1-10(2,3)15-9(14)12-6-11(7-12)4-8(13)5-11;1-2-7-9(10(14)15)13-5-6(11)3-4-8(13)12-7;8-6(9)11-5-1-7(2-5)3-10-4-7;1-9-7-4-2-6(8)3-5-7/h3-8,12,18,23H,2,9-11,13-14H2,1H3,(H,28,32);2-5,12-13H,6-9H2;1-4,12-13H,5-9,17H2;8-9H,4-7H2,1-3H3;8,13H,4-7H2,1-3H3;3-5H,2H2,1H3,(H,14,15);5-6,10H,1-4H2;2-5H. The molecular weight excluding hydrogens is 1870 g/mol. The molecule has 0 atom stereocenters. The van der Waals surface area contributed by atoms with E-state index in [-0.39, 0.29) is 93.3 Å². The number of fused-ring (bicyclic) bond motifs is 2. The summed E-state index contributed by atoms with van der Waals surface area (Å²) in [5.41, 5.74) is 15.6. The van der Waals surface area contributed by atoms with E-state index in [0.29, 0.717) is 114 Å². The molecule has 6 aliphatic heterocycles. The molecule has 754 valence electrons. The van der Waals surface area contributed by atoms with Crippen LogP contribution in [0.5, 0.6) is 0 Å². The van der Waals surface area contributed by atoms with Gasteiger partial charge in [0.05, 0.1) is 71.2 Å². The molecule has 20 rings (SSSR count). The maximum absolute atomic E-state index is 12.9. The van der Waals surface area contributed by atoms with Crippen molar-refractivity contribution < 1.29 is 111 Å². The number of carboxylic acid groups (broad SMARTS) is 1. The fourth-order valence-corrected chi connectivity index (χ4v) is 20.6. The van der Waals surface area contributed by atoms with Gasteiger partial charge in [-0.3, -0.25) is 13.6 Å². The zero-order chi connectivity index (χ0) is 100. The minimum Gasteiger partial charge on any atom is -0.477 e. The number of ether oxygens (including phenoxy) is 7. The summed E-state index contributed by atoms with van der Waals surface area (Å²) in [5, 5.41) is 25.4. The highest BCUT2D eigenvalue weighted by atomic mass is 35.5. The van der Waals surface area contributed by atoms with Crippen molar-refractivity contribution in [1.82, 2.24) is 39.2 Å². The first-order valence-electron chi connectivity index (χ1n) is 46.3. The fourth-order valence-electron chi connectivity index (χ4n) is 20.3. The van der Waals surface area contributed by atoms with Crippen molar-refractivity contribution in [2.45, 2.75) is 239 Å². The number of amides is 3. The third-order valence-corrected chi connectivity index (χ3v) is 27.4. The Balaban J connectivity index is 0.000000138. The number of hydrogen-bond acceptors (Lipinski definition) is 19. The predicted octanol–water partition coefficient (Wildman–Crippen LogP) is 20.1. The van der Waals surface area contributed by atoms with Crippen molar-refractivity contribution in [3.8, 4) is 0 Å². The number of imidazole rings is 2. The van der Waals surface area contributed by atoms with Crippen molar-refractivity contribution in [2.75, 3.05) is 93.2 Å². The lowest BCUT2D eigenvalue weighted by Crippen LogP contribution is -2.65. The number of aromatic carboxylic acids is 1. The predicted molar refractivity (Wildman–Crippen MR) is 499 cm³/mol. The van der Waals surface area contributed by atoms with Crippen LogP contribution >= 0.6 is 23.2 Å². The topological polar surface area (TPSA) is 283 Å². The molecule has 40 heteroatoms. The number of alkyl halides is 10. The van der Waals surface area contributed by atoms with Crippen molar-refractivity contribution >= 4 is 87.0 Å². The normalized spacial score (nSPS) is 20.0. The number of carboxylic acids is 1. The van der Waals surface area contributed by atoms with Crippen LogP contribution in [0.15, 0.2) is 134 Å². The number of likely N-dealkylation sites (tertiary alicyclic amines) is 2. The quantitative estimate of drug-likeness (QED) is 0.0350.